The second kappa shape index (κ2) is 6.04. The molecule has 1 aromatic rings. The van der Waals surface area contributed by atoms with E-state index in [-0.39, 0.29) is 5.69 Å². The van der Waals surface area contributed by atoms with E-state index in [0.29, 0.717) is 25.8 Å². The highest BCUT2D eigenvalue weighted by atomic mass is 19.4. The number of aliphatic hydroxyl groups is 1. The third-order valence-electron chi connectivity index (χ3n) is 3.77. The fourth-order valence-corrected chi connectivity index (χ4v) is 2.06. The molecule has 1 fully saturated rings. The number of hydrogen-bond acceptors (Lipinski definition) is 4. The second-order valence-corrected chi connectivity index (χ2v) is 6.09. The lowest BCUT2D eigenvalue weighted by Gasteiger charge is -2.26. The first-order valence-electron chi connectivity index (χ1n) is 7.19. The van der Waals surface area contributed by atoms with Crippen LogP contribution in [0.1, 0.15) is 47.4 Å². The fourth-order valence-electron chi connectivity index (χ4n) is 2.06. The van der Waals surface area contributed by atoms with Crippen molar-refractivity contribution in [1.82, 2.24) is 10.3 Å². The zero-order valence-electron chi connectivity index (χ0n) is 12.9. The number of nitrogens with zero attached hydrogens (tertiary/aromatic N) is 1. The Kier molecular flexibility index (Phi) is 4.66. The maximum atomic E-state index is 13.0. The number of carbonyl (C=O) groups excluding carboxylic acids is 1. The molecule has 1 amide bonds. The number of nitrogens with two attached hydrogens (primary N) is 1. The van der Waals surface area contributed by atoms with Crippen LogP contribution in [0.2, 0.25) is 0 Å². The van der Waals surface area contributed by atoms with Crippen LogP contribution >= 0.6 is 0 Å². The number of carbonyl (C=O) groups is 1. The average molecular weight is 371 g/mol. The molecule has 1 atom stereocenters. The summed E-state index contributed by atoms with van der Waals surface area (Å²) in [7, 11) is 0. The molecule has 0 aromatic carbocycles. The topological polar surface area (TPSA) is 88.2 Å². The number of nitrogens with one attached hydrogen (secondary N) is 1. The molecule has 1 unspecified atom stereocenters. The fraction of sp³-hybridized carbons (Fsp3) is 0.571. The first-order chi connectivity index (χ1) is 11.2. The molecular formula is C14H15F6N3O2. The summed E-state index contributed by atoms with van der Waals surface area (Å²) in [5.41, 5.74) is -0.410. The number of pyridine rings is 1. The predicted molar refractivity (Wildman–Crippen MR) is 74.6 cm³/mol. The molecule has 0 radical (unpaired) electrons. The van der Waals surface area contributed by atoms with E-state index in [1.54, 1.807) is 5.32 Å². The van der Waals surface area contributed by atoms with Crippen LogP contribution in [0.15, 0.2) is 6.07 Å². The van der Waals surface area contributed by atoms with Gasteiger partial charge in [0.05, 0.1) is 23.5 Å². The maximum Gasteiger partial charge on any atom is 0.418 e. The van der Waals surface area contributed by atoms with Crippen LogP contribution in [0.25, 0.3) is 0 Å². The first-order valence-corrected chi connectivity index (χ1v) is 7.19. The Balaban J connectivity index is 2.27. The van der Waals surface area contributed by atoms with Gasteiger partial charge in [-0.3, -0.25) is 4.79 Å². The van der Waals surface area contributed by atoms with Crippen molar-refractivity contribution in [2.75, 3.05) is 12.3 Å². The Labute approximate surface area is 138 Å². The summed E-state index contributed by atoms with van der Waals surface area (Å²) in [6.07, 6.45) is -8.79. The molecule has 140 valence electrons. The van der Waals surface area contributed by atoms with Crippen LogP contribution in [0, 0.1) is 0 Å². The van der Waals surface area contributed by atoms with Gasteiger partial charge in [0.25, 0.3) is 5.91 Å². The number of alkyl halides is 6. The number of hydrogen-bond donors (Lipinski definition) is 3. The second-order valence-electron chi connectivity index (χ2n) is 6.09. The van der Waals surface area contributed by atoms with Gasteiger partial charge in [-0.15, -0.1) is 0 Å². The minimum absolute atomic E-state index is 0.352. The lowest BCUT2D eigenvalue weighted by Crippen LogP contribution is -2.51. The third-order valence-corrected chi connectivity index (χ3v) is 3.77. The molecule has 1 aliphatic carbocycles. The SMILES string of the molecule is CC(O)(CNC(=O)c1nc(C2CC2)c(C(F)(F)F)cc1N)C(F)(F)F. The van der Waals surface area contributed by atoms with Gasteiger partial charge in [0.1, 0.15) is 0 Å². The van der Waals surface area contributed by atoms with E-state index in [1.807, 2.05) is 0 Å². The summed E-state index contributed by atoms with van der Waals surface area (Å²) < 4.78 is 76.8. The molecule has 1 aliphatic rings. The van der Waals surface area contributed by atoms with Crippen molar-refractivity contribution in [3.8, 4) is 0 Å². The zero-order valence-corrected chi connectivity index (χ0v) is 12.9. The highest BCUT2D eigenvalue weighted by molar-refractivity contribution is 5.97. The van der Waals surface area contributed by atoms with Gasteiger partial charge in [0.2, 0.25) is 0 Å². The van der Waals surface area contributed by atoms with E-state index >= 15 is 0 Å². The molecule has 5 nitrogen and oxygen atoms in total. The van der Waals surface area contributed by atoms with Gasteiger partial charge in [0.15, 0.2) is 11.3 Å². The molecule has 1 saturated carbocycles. The molecule has 0 aliphatic heterocycles. The normalized spacial score (nSPS) is 17.9. The number of amides is 1. The molecule has 0 saturated heterocycles. The van der Waals surface area contributed by atoms with E-state index < -0.39 is 53.3 Å². The van der Waals surface area contributed by atoms with Gasteiger partial charge < -0.3 is 16.2 Å². The van der Waals surface area contributed by atoms with E-state index in [4.69, 9.17) is 5.73 Å². The minimum Gasteiger partial charge on any atom is -0.397 e. The van der Waals surface area contributed by atoms with Crippen molar-refractivity contribution in [1.29, 1.82) is 0 Å². The van der Waals surface area contributed by atoms with Gasteiger partial charge in [-0.1, -0.05) is 0 Å². The third kappa shape index (κ3) is 4.14. The highest BCUT2D eigenvalue weighted by Gasteiger charge is 2.50. The largest absolute Gasteiger partial charge is 0.418 e. The van der Waals surface area contributed by atoms with Gasteiger partial charge >= 0.3 is 12.4 Å². The number of nitrogen functional groups attached to an aromatic ring is 1. The molecule has 25 heavy (non-hydrogen) atoms. The van der Waals surface area contributed by atoms with E-state index in [2.05, 4.69) is 4.98 Å². The van der Waals surface area contributed by atoms with Crippen molar-refractivity contribution in [3.05, 3.63) is 23.0 Å². The Morgan fingerprint density at radius 2 is 1.88 bits per heavy atom. The minimum atomic E-state index is -5.00. The van der Waals surface area contributed by atoms with E-state index in [1.165, 1.54) is 0 Å². The van der Waals surface area contributed by atoms with Crippen LogP contribution < -0.4 is 11.1 Å². The average Bonchev–Trinajstić information content (AvgIpc) is 3.26. The molecule has 11 heteroatoms. The molecule has 1 aromatic heterocycles. The van der Waals surface area contributed by atoms with E-state index in [9.17, 15) is 36.2 Å². The Morgan fingerprint density at radius 3 is 2.32 bits per heavy atom. The van der Waals surface area contributed by atoms with Crippen molar-refractivity contribution >= 4 is 11.6 Å². The Morgan fingerprint density at radius 1 is 1.32 bits per heavy atom. The zero-order chi connectivity index (χ0) is 19.2. The van der Waals surface area contributed by atoms with Gasteiger partial charge in [-0.25, -0.2) is 4.98 Å². The maximum absolute atomic E-state index is 13.0. The smallest absolute Gasteiger partial charge is 0.397 e. The van der Waals surface area contributed by atoms with Crippen LogP contribution in [0.5, 0.6) is 0 Å². The summed E-state index contributed by atoms with van der Waals surface area (Å²) in [5, 5.41) is 11.1. The predicted octanol–water partition coefficient (Wildman–Crippen LogP) is 2.60. The van der Waals surface area contributed by atoms with E-state index in [0.717, 1.165) is 0 Å². The number of halogens is 6. The summed E-state index contributed by atoms with van der Waals surface area (Å²) in [6, 6.07) is 0.553. The van der Waals surface area contributed by atoms with Crippen LogP contribution in [-0.2, 0) is 6.18 Å². The molecule has 2 rings (SSSR count). The lowest BCUT2D eigenvalue weighted by atomic mass is 10.1. The Bertz CT molecular complexity index is 680. The summed E-state index contributed by atoms with van der Waals surface area (Å²) in [5.74, 6) is -1.67. The molecule has 0 bridgehead atoms. The van der Waals surface area contributed by atoms with Gasteiger partial charge in [-0.2, -0.15) is 26.3 Å². The standard InChI is InChI=1S/C14H15F6N3O2/c1-12(25,14(18,19)20)5-22-11(24)10-8(21)4-7(13(15,16)17)9(23-10)6-2-3-6/h4,6,25H,2-3,5,21H2,1H3,(H,22,24). The van der Waals surface area contributed by atoms with Crippen molar-refractivity contribution in [2.45, 2.75) is 43.6 Å². The van der Waals surface area contributed by atoms with Gasteiger partial charge in [0, 0.05) is 5.92 Å². The quantitative estimate of drug-likeness (QED) is 0.710. The molecule has 0 spiro atoms. The van der Waals surface area contributed by atoms with Crippen LogP contribution in [0.3, 0.4) is 0 Å². The molecule has 1 heterocycles. The number of aromatic nitrogens is 1. The van der Waals surface area contributed by atoms with Gasteiger partial charge in [-0.05, 0) is 25.8 Å². The van der Waals surface area contributed by atoms with Crippen molar-refractivity contribution in [3.63, 3.8) is 0 Å². The first kappa shape index (κ1) is 19.3. The summed E-state index contributed by atoms with van der Waals surface area (Å²) >= 11 is 0. The number of rotatable bonds is 4. The Hall–Kier alpha value is -2.04. The summed E-state index contributed by atoms with van der Waals surface area (Å²) in [6.45, 7) is -0.747. The lowest BCUT2D eigenvalue weighted by molar-refractivity contribution is -0.249. The summed E-state index contributed by atoms with van der Waals surface area (Å²) in [4.78, 5) is 15.6. The van der Waals surface area contributed by atoms with Crippen LogP contribution in [-0.4, -0.2) is 34.3 Å². The molecular weight excluding hydrogens is 356 g/mol. The monoisotopic (exact) mass is 371 g/mol. The molecule has 4 N–H and O–H groups in total. The van der Waals surface area contributed by atoms with Crippen molar-refractivity contribution in [2.24, 2.45) is 0 Å². The number of anilines is 1. The van der Waals surface area contributed by atoms with Crippen molar-refractivity contribution < 1.29 is 36.2 Å². The highest BCUT2D eigenvalue weighted by Crippen LogP contribution is 2.45. The van der Waals surface area contributed by atoms with Crippen LogP contribution in [0.4, 0.5) is 32.0 Å².